The Hall–Kier alpha value is -0.570. The molecule has 2 N–H and O–H groups in total. The number of rotatable bonds is 2. The van der Waals surface area contributed by atoms with E-state index in [1.165, 1.54) is 19.3 Å². The summed E-state index contributed by atoms with van der Waals surface area (Å²) in [5.41, 5.74) is 0.601. The standard InChI is InChI=1S/C17H30N2O/c1-11-9-12(6-8-18-11)14(20)19-15-16(2,3)13-5-7-17(15,4)10-13/h11-13,15,18H,5-10H2,1-4H3,(H,19,20). The van der Waals surface area contributed by atoms with Crippen LogP contribution in [0.4, 0.5) is 0 Å². The largest absolute Gasteiger partial charge is 0.352 e. The zero-order chi connectivity index (χ0) is 14.5. The number of amides is 1. The maximum Gasteiger partial charge on any atom is 0.223 e. The van der Waals surface area contributed by atoms with Crippen LogP contribution in [0, 0.1) is 22.7 Å². The predicted octanol–water partition coefficient (Wildman–Crippen LogP) is 2.71. The summed E-state index contributed by atoms with van der Waals surface area (Å²) in [6.45, 7) is 10.3. The van der Waals surface area contributed by atoms with Gasteiger partial charge in [0.15, 0.2) is 0 Å². The van der Waals surface area contributed by atoms with Gasteiger partial charge in [-0.15, -0.1) is 0 Å². The van der Waals surface area contributed by atoms with Crippen molar-refractivity contribution in [3.8, 4) is 0 Å². The number of carbonyl (C=O) groups excluding carboxylic acids is 1. The molecular formula is C17H30N2O. The lowest BCUT2D eigenvalue weighted by Crippen LogP contribution is -2.54. The summed E-state index contributed by atoms with van der Waals surface area (Å²) < 4.78 is 0. The highest BCUT2D eigenvalue weighted by molar-refractivity contribution is 5.79. The number of carbonyl (C=O) groups is 1. The van der Waals surface area contributed by atoms with Gasteiger partial charge in [-0.25, -0.2) is 0 Å². The van der Waals surface area contributed by atoms with Crippen LogP contribution >= 0.6 is 0 Å². The normalized spacial score (nSPS) is 46.4. The Bertz CT molecular complexity index is 401. The van der Waals surface area contributed by atoms with E-state index >= 15 is 0 Å². The molecule has 3 heteroatoms. The summed E-state index contributed by atoms with van der Waals surface area (Å²) >= 11 is 0. The van der Waals surface area contributed by atoms with Gasteiger partial charge < -0.3 is 10.6 Å². The van der Waals surface area contributed by atoms with Gasteiger partial charge in [-0.3, -0.25) is 4.79 Å². The van der Waals surface area contributed by atoms with Crippen LogP contribution in [0.2, 0.25) is 0 Å². The van der Waals surface area contributed by atoms with E-state index in [4.69, 9.17) is 0 Å². The minimum absolute atomic E-state index is 0.213. The summed E-state index contributed by atoms with van der Waals surface area (Å²) in [4.78, 5) is 12.7. The van der Waals surface area contributed by atoms with Crippen molar-refractivity contribution >= 4 is 5.91 Å². The lowest BCUT2D eigenvalue weighted by molar-refractivity contribution is -0.128. The van der Waals surface area contributed by atoms with Gasteiger partial charge in [0.1, 0.15) is 0 Å². The minimum atomic E-state index is 0.213. The van der Waals surface area contributed by atoms with Crippen LogP contribution in [0.3, 0.4) is 0 Å². The molecule has 2 bridgehead atoms. The van der Waals surface area contributed by atoms with Crippen LogP contribution < -0.4 is 10.6 Å². The lowest BCUT2D eigenvalue weighted by Gasteiger charge is -2.44. The third kappa shape index (κ3) is 2.18. The molecule has 1 saturated heterocycles. The average Bonchev–Trinajstić information content (AvgIpc) is 2.85. The van der Waals surface area contributed by atoms with Crippen molar-refractivity contribution in [1.82, 2.24) is 10.6 Å². The first-order valence-electron chi connectivity index (χ1n) is 8.37. The van der Waals surface area contributed by atoms with Crippen LogP contribution in [0.25, 0.3) is 0 Å². The second kappa shape index (κ2) is 4.72. The van der Waals surface area contributed by atoms with Crippen molar-refractivity contribution in [3.63, 3.8) is 0 Å². The van der Waals surface area contributed by atoms with E-state index in [1.54, 1.807) is 0 Å². The number of piperidine rings is 1. The molecule has 0 radical (unpaired) electrons. The van der Waals surface area contributed by atoms with E-state index in [2.05, 4.69) is 38.3 Å². The molecule has 5 unspecified atom stereocenters. The fourth-order valence-corrected chi connectivity index (χ4v) is 5.29. The molecule has 0 aromatic heterocycles. The van der Waals surface area contributed by atoms with Crippen LogP contribution in [0.15, 0.2) is 0 Å². The Morgan fingerprint density at radius 2 is 2.00 bits per heavy atom. The first-order valence-corrected chi connectivity index (χ1v) is 8.37. The van der Waals surface area contributed by atoms with E-state index in [1.807, 2.05) is 0 Å². The third-order valence-electron chi connectivity index (χ3n) is 6.55. The molecule has 2 saturated carbocycles. The summed E-state index contributed by atoms with van der Waals surface area (Å²) in [5, 5.41) is 6.90. The number of fused-ring (bicyclic) bond motifs is 2. The Kier molecular flexibility index (Phi) is 3.39. The van der Waals surface area contributed by atoms with Gasteiger partial charge in [0.05, 0.1) is 0 Å². The molecule has 3 aliphatic rings. The van der Waals surface area contributed by atoms with Crippen molar-refractivity contribution in [2.75, 3.05) is 6.54 Å². The molecule has 5 atom stereocenters. The molecule has 3 rings (SSSR count). The number of hydrogen-bond donors (Lipinski definition) is 2. The van der Waals surface area contributed by atoms with Gasteiger partial charge in [-0.1, -0.05) is 20.8 Å². The topological polar surface area (TPSA) is 41.1 Å². The third-order valence-corrected chi connectivity index (χ3v) is 6.55. The second-order valence-electron chi connectivity index (χ2n) is 8.43. The predicted molar refractivity (Wildman–Crippen MR) is 81.3 cm³/mol. The van der Waals surface area contributed by atoms with Crippen LogP contribution in [0.5, 0.6) is 0 Å². The molecule has 20 heavy (non-hydrogen) atoms. The molecular weight excluding hydrogens is 248 g/mol. The Labute approximate surface area is 123 Å². The highest BCUT2D eigenvalue weighted by atomic mass is 16.2. The van der Waals surface area contributed by atoms with E-state index in [-0.39, 0.29) is 11.3 Å². The quantitative estimate of drug-likeness (QED) is 0.815. The molecule has 1 aliphatic heterocycles. The minimum Gasteiger partial charge on any atom is -0.352 e. The van der Waals surface area contributed by atoms with E-state index in [0.29, 0.717) is 23.4 Å². The van der Waals surface area contributed by atoms with Crippen LogP contribution in [0.1, 0.15) is 59.8 Å². The van der Waals surface area contributed by atoms with Crippen molar-refractivity contribution in [1.29, 1.82) is 0 Å². The van der Waals surface area contributed by atoms with Gasteiger partial charge in [-0.05, 0) is 62.3 Å². The van der Waals surface area contributed by atoms with Crippen LogP contribution in [-0.2, 0) is 4.79 Å². The van der Waals surface area contributed by atoms with Gasteiger partial charge in [0.25, 0.3) is 0 Å². The monoisotopic (exact) mass is 278 g/mol. The zero-order valence-electron chi connectivity index (χ0n) is 13.5. The summed E-state index contributed by atoms with van der Waals surface area (Å²) in [6, 6.07) is 0.842. The zero-order valence-corrected chi connectivity index (χ0v) is 13.5. The number of nitrogens with one attached hydrogen (secondary N) is 2. The molecule has 0 aromatic rings. The van der Waals surface area contributed by atoms with Gasteiger partial charge in [-0.2, -0.15) is 0 Å². The molecule has 0 spiro atoms. The SMILES string of the molecule is CC1CC(C(=O)NC2C3(C)CCC(C3)C2(C)C)CCN1. The van der Waals surface area contributed by atoms with E-state index in [0.717, 1.165) is 25.3 Å². The van der Waals surface area contributed by atoms with Crippen molar-refractivity contribution in [2.24, 2.45) is 22.7 Å². The summed E-state index contributed by atoms with van der Waals surface area (Å²) in [5.74, 6) is 1.32. The maximum atomic E-state index is 12.7. The molecule has 1 amide bonds. The Morgan fingerprint density at radius 1 is 1.25 bits per heavy atom. The molecule has 3 fully saturated rings. The Balaban J connectivity index is 1.69. The molecule has 0 aromatic carbocycles. The lowest BCUT2D eigenvalue weighted by atomic mass is 9.68. The first kappa shape index (κ1) is 14.4. The smallest absolute Gasteiger partial charge is 0.223 e. The average molecular weight is 278 g/mol. The highest BCUT2D eigenvalue weighted by Crippen LogP contribution is 2.62. The second-order valence-corrected chi connectivity index (χ2v) is 8.43. The first-order chi connectivity index (χ1) is 9.33. The highest BCUT2D eigenvalue weighted by Gasteiger charge is 2.59. The van der Waals surface area contributed by atoms with Crippen molar-refractivity contribution in [3.05, 3.63) is 0 Å². The van der Waals surface area contributed by atoms with Crippen molar-refractivity contribution < 1.29 is 4.79 Å². The van der Waals surface area contributed by atoms with Crippen LogP contribution in [-0.4, -0.2) is 24.5 Å². The van der Waals surface area contributed by atoms with Gasteiger partial charge >= 0.3 is 0 Å². The van der Waals surface area contributed by atoms with Crippen molar-refractivity contribution in [2.45, 2.75) is 71.9 Å². The maximum absolute atomic E-state index is 12.7. The summed E-state index contributed by atoms with van der Waals surface area (Å²) in [6.07, 6.45) is 5.91. The Morgan fingerprint density at radius 3 is 2.60 bits per heavy atom. The number of hydrogen-bond acceptors (Lipinski definition) is 2. The fraction of sp³-hybridized carbons (Fsp3) is 0.941. The molecule has 3 nitrogen and oxygen atoms in total. The molecule has 1 heterocycles. The van der Waals surface area contributed by atoms with E-state index < -0.39 is 0 Å². The molecule has 114 valence electrons. The summed E-state index contributed by atoms with van der Waals surface area (Å²) in [7, 11) is 0. The fourth-order valence-electron chi connectivity index (χ4n) is 5.29. The molecule has 2 aliphatic carbocycles. The van der Waals surface area contributed by atoms with Gasteiger partial charge in [0.2, 0.25) is 5.91 Å². The van der Waals surface area contributed by atoms with E-state index in [9.17, 15) is 4.79 Å². The van der Waals surface area contributed by atoms with Gasteiger partial charge in [0, 0.05) is 18.0 Å².